The van der Waals surface area contributed by atoms with Crippen LogP contribution in [-0.2, 0) is 39.7 Å². The molecule has 17 heteroatoms. The highest BCUT2D eigenvalue weighted by Gasteiger charge is 2.44. The van der Waals surface area contributed by atoms with Crippen LogP contribution in [0.5, 0.6) is 5.75 Å². The highest BCUT2D eigenvalue weighted by molar-refractivity contribution is 7.21. The van der Waals surface area contributed by atoms with E-state index in [4.69, 9.17) is 33.4 Å². The fraction of sp³-hybridized carbons (Fsp3) is 0.386. The fourth-order valence-electron chi connectivity index (χ4n) is 6.72. The van der Waals surface area contributed by atoms with Crippen LogP contribution in [0.3, 0.4) is 0 Å². The third-order valence-corrected chi connectivity index (χ3v) is 11.0. The molecule has 320 valence electrons. The van der Waals surface area contributed by atoms with E-state index >= 15 is 0 Å². The van der Waals surface area contributed by atoms with E-state index in [9.17, 15) is 19.2 Å². The molecule has 1 saturated heterocycles. The van der Waals surface area contributed by atoms with Crippen molar-refractivity contribution >= 4 is 50.9 Å². The number of nitrogens with zero attached hydrogens (tertiary/aromatic N) is 4. The summed E-state index contributed by atoms with van der Waals surface area (Å²) in [5.41, 5.74) is 6.27. The van der Waals surface area contributed by atoms with E-state index in [0.29, 0.717) is 71.8 Å². The molecule has 0 spiro atoms. The first-order valence-corrected chi connectivity index (χ1v) is 21.1. The Bertz CT molecular complexity index is 2290. The first-order valence-electron chi connectivity index (χ1n) is 20.2. The van der Waals surface area contributed by atoms with E-state index in [-0.39, 0.29) is 30.6 Å². The molecule has 1 atom stereocenters. The maximum Gasteiger partial charge on any atom is 0.262 e. The van der Waals surface area contributed by atoms with E-state index in [2.05, 4.69) is 44.9 Å². The minimum atomic E-state index is -1.01. The molecule has 0 radical (unpaired) electrons. The molecule has 3 aromatic heterocycles. The summed E-state index contributed by atoms with van der Waals surface area (Å²) in [6.07, 6.45) is 5.60. The van der Waals surface area contributed by atoms with Gasteiger partial charge >= 0.3 is 0 Å². The minimum Gasteiger partial charge on any atom is -0.491 e. The molecule has 2 N–H and O–H groups in total. The number of imide groups is 2. The van der Waals surface area contributed by atoms with Crippen molar-refractivity contribution in [3.05, 3.63) is 89.9 Å². The summed E-state index contributed by atoms with van der Waals surface area (Å²) in [5, 5.41) is 6.25. The molecule has 2 aliphatic heterocycles. The number of pyridine rings is 2. The Hall–Kier alpha value is -5.69. The second-order valence-corrected chi connectivity index (χ2v) is 15.1. The smallest absolute Gasteiger partial charge is 0.262 e. The van der Waals surface area contributed by atoms with Gasteiger partial charge in [-0.25, -0.2) is 4.98 Å². The van der Waals surface area contributed by atoms with Crippen LogP contribution >= 0.6 is 11.3 Å². The molecule has 1 unspecified atom stereocenters. The molecule has 0 aliphatic carbocycles. The lowest BCUT2D eigenvalue weighted by Crippen LogP contribution is -2.54. The molecule has 1 fully saturated rings. The maximum absolute atomic E-state index is 13.0. The number of ether oxygens (including phenoxy) is 6. The normalized spacial score (nSPS) is 15.1. The molecule has 5 aromatic rings. The van der Waals surface area contributed by atoms with Crippen LogP contribution in [-0.4, -0.2) is 129 Å². The number of benzene rings is 2. The summed E-state index contributed by atoms with van der Waals surface area (Å²) >= 11 is 1.63. The topological polar surface area (TPSA) is 190 Å². The van der Waals surface area contributed by atoms with Gasteiger partial charge in [0.1, 0.15) is 23.4 Å². The number of nitrogens with one attached hydrogen (secondary N) is 2. The van der Waals surface area contributed by atoms with Crippen LogP contribution in [0.25, 0.3) is 32.0 Å². The number of hydrogen-bond donors (Lipinski definition) is 2. The molecule has 0 saturated carbocycles. The molecule has 0 bridgehead atoms. The summed E-state index contributed by atoms with van der Waals surface area (Å²) < 4.78 is 34.7. The van der Waals surface area contributed by atoms with Crippen molar-refractivity contribution in [2.45, 2.75) is 31.7 Å². The minimum absolute atomic E-state index is 0.0619. The Morgan fingerprint density at radius 2 is 1.38 bits per heavy atom. The molecule has 5 heterocycles. The predicted molar refractivity (Wildman–Crippen MR) is 227 cm³/mol. The third kappa shape index (κ3) is 11.6. The maximum atomic E-state index is 13.0. The van der Waals surface area contributed by atoms with Gasteiger partial charge in [-0.1, -0.05) is 12.1 Å². The van der Waals surface area contributed by atoms with Gasteiger partial charge in [0, 0.05) is 55.0 Å². The van der Waals surface area contributed by atoms with Gasteiger partial charge in [0.2, 0.25) is 11.8 Å². The first kappa shape index (κ1) is 43.4. The van der Waals surface area contributed by atoms with Crippen LogP contribution in [0, 0.1) is 0 Å². The Kier molecular flexibility index (Phi) is 15.4. The second-order valence-electron chi connectivity index (χ2n) is 14.1. The highest BCUT2D eigenvalue weighted by atomic mass is 32.1. The number of anilines is 1. The molecule has 2 aromatic carbocycles. The van der Waals surface area contributed by atoms with E-state index in [0.717, 1.165) is 61.2 Å². The quantitative estimate of drug-likeness (QED) is 0.0626. The van der Waals surface area contributed by atoms with Crippen LogP contribution in [0.15, 0.2) is 73.1 Å². The SMILES string of the molecule is CNc1ccc2nc(-c3ccc(-c4ccc(CCCOCCOCCOCCOCCOCCOc5ccc6c(c5)C(=O)N(C5CCC(=O)NC5=O)C6=O)nc4)cn3)sc2c1. The number of amides is 4. The van der Waals surface area contributed by atoms with Gasteiger partial charge in [-0.2, -0.15) is 0 Å². The molecular weight excluding hydrogens is 805 g/mol. The van der Waals surface area contributed by atoms with Crippen LogP contribution in [0.1, 0.15) is 45.7 Å². The average Bonchev–Trinajstić information content (AvgIpc) is 3.81. The van der Waals surface area contributed by atoms with Crippen molar-refractivity contribution < 1.29 is 47.6 Å². The summed E-state index contributed by atoms with van der Waals surface area (Å²) in [5.74, 6) is -1.82. The van der Waals surface area contributed by atoms with E-state index < -0.39 is 29.7 Å². The van der Waals surface area contributed by atoms with Crippen molar-refractivity contribution in [1.29, 1.82) is 0 Å². The lowest BCUT2D eigenvalue weighted by Gasteiger charge is -2.27. The largest absolute Gasteiger partial charge is 0.491 e. The lowest BCUT2D eigenvalue weighted by molar-refractivity contribution is -0.136. The highest BCUT2D eigenvalue weighted by Crippen LogP contribution is 2.32. The lowest BCUT2D eigenvalue weighted by atomic mass is 10.0. The zero-order valence-corrected chi connectivity index (χ0v) is 34.7. The van der Waals surface area contributed by atoms with Crippen molar-refractivity contribution in [3.63, 3.8) is 0 Å². The molecule has 4 amide bonds. The number of carbonyl (C=O) groups is 4. The average molecular weight is 853 g/mol. The Balaban J connectivity index is 0.654. The third-order valence-electron chi connectivity index (χ3n) is 9.94. The number of thiazole rings is 1. The van der Waals surface area contributed by atoms with Crippen molar-refractivity contribution in [2.75, 3.05) is 85.0 Å². The van der Waals surface area contributed by atoms with Crippen molar-refractivity contribution in [3.8, 4) is 27.6 Å². The monoisotopic (exact) mass is 852 g/mol. The Morgan fingerprint density at radius 1 is 0.721 bits per heavy atom. The van der Waals surface area contributed by atoms with Gasteiger partial charge in [-0.3, -0.25) is 39.4 Å². The molecule has 2 aliphatic rings. The molecule has 7 rings (SSSR count). The van der Waals surface area contributed by atoms with Gasteiger partial charge in [-0.15, -0.1) is 11.3 Å². The zero-order chi connectivity index (χ0) is 42.4. The zero-order valence-electron chi connectivity index (χ0n) is 33.9. The Morgan fingerprint density at radius 3 is 2.02 bits per heavy atom. The fourth-order valence-corrected chi connectivity index (χ4v) is 7.70. The van der Waals surface area contributed by atoms with Crippen LogP contribution < -0.4 is 15.4 Å². The first-order chi connectivity index (χ1) is 29.9. The molecule has 16 nitrogen and oxygen atoms in total. The van der Waals surface area contributed by atoms with Gasteiger partial charge in [0.25, 0.3) is 11.8 Å². The van der Waals surface area contributed by atoms with Gasteiger partial charge in [0.05, 0.1) is 86.5 Å². The number of aryl methyl sites for hydroxylation is 1. The van der Waals surface area contributed by atoms with Crippen molar-refractivity contribution in [2.24, 2.45) is 0 Å². The van der Waals surface area contributed by atoms with Crippen molar-refractivity contribution in [1.82, 2.24) is 25.2 Å². The van der Waals surface area contributed by atoms with E-state index in [1.807, 2.05) is 37.6 Å². The van der Waals surface area contributed by atoms with E-state index in [1.54, 1.807) is 17.4 Å². The number of fused-ring (bicyclic) bond motifs is 2. The summed E-state index contributed by atoms with van der Waals surface area (Å²) in [6, 6.07) is 17.9. The number of carbonyl (C=O) groups excluding carboxylic acids is 4. The summed E-state index contributed by atoms with van der Waals surface area (Å²) in [4.78, 5) is 64.5. The number of aromatic nitrogens is 3. The van der Waals surface area contributed by atoms with Gasteiger partial charge in [-0.05, 0) is 67.8 Å². The van der Waals surface area contributed by atoms with Gasteiger partial charge < -0.3 is 33.7 Å². The standard InChI is InChI=1S/C44H48N6O10S/c1-45-32-7-11-36-39(25-32)61-42(48-36)37-10-5-30(28-47-37)29-4-6-31(46-27-29)3-2-14-55-15-16-56-17-18-57-19-20-58-21-22-59-23-24-60-33-8-9-34-35(26-33)44(54)50(43(34)53)38-12-13-40(51)49-41(38)52/h4-11,25-28,38,45H,2-3,12-24H2,1H3,(H,49,51,52). The number of piperidine rings is 1. The summed E-state index contributed by atoms with van der Waals surface area (Å²) in [7, 11) is 1.91. The number of hydrogen-bond acceptors (Lipinski definition) is 15. The second kappa shape index (κ2) is 21.7. The number of rotatable bonds is 24. The Labute approximate surface area is 356 Å². The van der Waals surface area contributed by atoms with Crippen LogP contribution in [0.4, 0.5) is 5.69 Å². The van der Waals surface area contributed by atoms with Crippen LogP contribution in [0.2, 0.25) is 0 Å². The van der Waals surface area contributed by atoms with Gasteiger partial charge in [0.15, 0.2) is 0 Å². The molecular formula is C44H48N6O10S. The summed E-state index contributed by atoms with van der Waals surface area (Å²) in [6.45, 7) is 4.68. The predicted octanol–water partition coefficient (Wildman–Crippen LogP) is 4.96. The molecule has 61 heavy (non-hydrogen) atoms. The van der Waals surface area contributed by atoms with E-state index in [1.165, 1.54) is 12.1 Å².